The normalized spacial score (nSPS) is 21.4. The Labute approximate surface area is 215 Å². The quantitative estimate of drug-likeness (QED) is 0.288. The van der Waals surface area contributed by atoms with Gasteiger partial charge in [0.1, 0.15) is 29.3 Å². The summed E-state index contributed by atoms with van der Waals surface area (Å²) in [6.45, 7) is 0. The van der Waals surface area contributed by atoms with E-state index in [0.29, 0.717) is 32.8 Å². The number of hydrogen-bond acceptors (Lipinski definition) is 5. The van der Waals surface area contributed by atoms with Crippen LogP contribution in [0.15, 0.2) is 89.3 Å². The molecule has 2 saturated heterocycles. The first-order valence-corrected chi connectivity index (χ1v) is 11.9. The number of imide groups is 1. The highest BCUT2D eigenvalue weighted by Gasteiger charge is 2.61. The molecule has 0 bridgehead atoms. The van der Waals surface area contributed by atoms with Crippen molar-refractivity contribution in [3.8, 4) is 11.3 Å². The fourth-order valence-corrected chi connectivity index (χ4v) is 4.96. The number of nitrogens with zero attached hydrogens (tertiary/aromatic N) is 2. The molecule has 2 amide bonds. The molecule has 3 heterocycles. The number of benzene rings is 3. The third kappa shape index (κ3) is 3.67. The molecule has 4 aromatic rings. The van der Waals surface area contributed by atoms with Crippen LogP contribution in [0, 0.1) is 11.7 Å². The molecule has 0 saturated carbocycles. The third-order valence-electron chi connectivity index (χ3n) is 6.33. The van der Waals surface area contributed by atoms with Gasteiger partial charge in [-0.05, 0) is 66.7 Å². The number of fused-ring (bicyclic) bond motifs is 1. The van der Waals surface area contributed by atoms with E-state index in [0.717, 1.165) is 4.90 Å². The van der Waals surface area contributed by atoms with Gasteiger partial charge in [0, 0.05) is 5.56 Å². The van der Waals surface area contributed by atoms with Gasteiger partial charge in [-0.1, -0.05) is 41.4 Å². The van der Waals surface area contributed by atoms with Crippen LogP contribution >= 0.6 is 23.2 Å². The first kappa shape index (κ1) is 22.8. The van der Waals surface area contributed by atoms with Gasteiger partial charge < -0.3 is 4.42 Å². The molecule has 9 heteroatoms. The molecular formula is C27H17Cl2FN2O4. The van der Waals surface area contributed by atoms with E-state index in [1.807, 2.05) is 30.3 Å². The second-order valence-corrected chi connectivity index (χ2v) is 9.29. The van der Waals surface area contributed by atoms with Crippen LogP contribution in [-0.2, 0) is 14.4 Å². The molecule has 3 aromatic carbocycles. The molecule has 3 atom stereocenters. The molecule has 6 rings (SSSR count). The average molecular weight is 523 g/mol. The van der Waals surface area contributed by atoms with Gasteiger partial charge in [-0.15, -0.1) is 0 Å². The maximum atomic E-state index is 13.6. The zero-order valence-corrected chi connectivity index (χ0v) is 20.0. The van der Waals surface area contributed by atoms with E-state index in [-0.39, 0.29) is 5.69 Å². The summed E-state index contributed by atoms with van der Waals surface area (Å²) in [6, 6.07) is 22.3. The number of rotatable bonds is 4. The number of carbonyl (C=O) groups is 2. The lowest BCUT2D eigenvalue weighted by Crippen LogP contribution is -2.37. The summed E-state index contributed by atoms with van der Waals surface area (Å²) >= 11 is 12.2. The molecule has 0 spiro atoms. The van der Waals surface area contributed by atoms with Crippen molar-refractivity contribution in [3.05, 3.63) is 107 Å². The number of halogens is 3. The van der Waals surface area contributed by atoms with E-state index in [1.165, 1.54) is 24.3 Å². The maximum absolute atomic E-state index is 13.6. The fourth-order valence-electron chi connectivity index (χ4n) is 4.66. The van der Waals surface area contributed by atoms with Gasteiger partial charge in [0.15, 0.2) is 6.10 Å². The summed E-state index contributed by atoms with van der Waals surface area (Å²) in [5.74, 6) is -1.35. The Balaban J connectivity index is 1.41. The Bertz CT molecular complexity index is 1470. The predicted molar refractivity (Wildman–Crippen MR) is 133 cm³/mol. The molecule has 1 aromatic heterocycles. The van der Waals surface area contributed by atoms with E-state index in [1.54, 1.807) is 35.4 Å². The van der Waals surface area contributed by atoms with Crippen LogP contribution in [0.1, 0.15) is 11.8 Å². The summed E-state index contributed by atoms with van der Waals surface area (Å²) in [7, 11) is 0. The topological polar surface area (TPSA) is 63.0 Å². The van der Waals surface area contributed by atoms with Gasteiger partial charge in [-0.2, -0.15) is 0 Å². The van der Waals surface area contributed by atoms with Crippen molar-refractivity contribution in [1.82, 2.24) is 0 Å². The Morgan fingerprint density at radius 3 is 2.25 bits per heavy atom. The predicted octanol–water partition coefficient (Wildman–Crippen LogP) is 6.44. The highest BCUT2D eigenvalue weighted by atomic mass is 35.5. The highest BCUT2D eigenvalue weighted by Crippen LogP contribution is 2.48. The molecule has 6 nitrogen and oxygen atoms in total. The molecule has 2 fully saturated rings. The van der Waals surface area contributed by atoms with E-state index < -0.39 is 35.7 Å². The molecule has 2 aliphatic heterocycles. The molecule has 3 unspecified atom stereocenters. The zero-order chi connectivity index (χ0) is 25.0. The van der Waals surface area contributed by atoms with Crippen LogP contribution in [0.25, 0.3) is 11.3 Å². The fraction of sp³-hybridized carbons (Fsp3) is 0.111. The summed E-state index contributed by atoms with van der Waals surface area (Å²) in [4.78, 5) is 34.1. The van der Waals surface area contributed by atoms with Gasteiger partial charge in [0.05, 0.1) is 21.4 Å². The number of furan rings is 1. The van der Waals surface area contributed by atoms with E-state index >= 15 is 0 Å². The first-order valence-electron chi connectivity index (χ1n) is 11.1. The van der Waals surface area contributed by atoms with Gasteiger partial charge in [0.2, 0.25) is 5.91 Å². The standard InChI is InChI=1S/C27H17Cl2FN2O4/c28-19-11-6-15(14-20(19)29)21-12-13-22(35-21)24-23-25(36-32(24)18-4-2-1-3-5-18)27(34)31(26(23)33)17-9-7-16(30)8-10-17/h1-14,23-25H. The number of carbonyl (C=O) groups excluding carboxylic acids is 2. The summed E-state index contributed by atoms with van der Waals surface area (Å²) in [5.41, 5.74) is 1.66. The number of hydrogen-bond donors (Lipinski definition) is 0. The second kappa shape index (κ2) is 8.78. The number of para-hydroxylation sites is 1. The van der Waals surface area contributed by atoms with Gasteiger partial charge in [-0.3, -0.25) is 14.4 Å². The number of anilines is 2. The van der Waals surface area contributed by atoms with Crippen LogP contribution in [0.3, 0.4) is 0 Å². The smallest absolute Gasteiger partial charge is 0.266 e. The number of amides is 2. The van der Waals surface area contributed by atoms with Crippen molar-refractivity contribution in [1.29, 1.82) is 0 Å². The summed E-state index contributed by atoms with van der Waals surface area (Å²) in [6.07, 6.45) is -1.06. The molecule has 0 N–H and O–H groups in total. The highest BCUT2D eigenvalue weighted by molar-refractivity contribution is 6.42. The first-order chi connectivity index (χ1) is 17.4. The van der Waals surface area contributed by atoms with Crippen LogP contribution in [0.2, 0.25) is 10.0 Å². The van der Waals surface area contributed by atoms with E-state index in [4.69, 9.17) is 32.5 Å². The zero-order valence-electron chi connectivity index (χ0n) is 18.5. The molecule has 36 heavy (non-hydrogen) atoms. The Morgan fingerprint density at radius 2 is 1.53 bits per heavy atom. The lowest BCUT2D eigenvalue weighted by molar-refractivity contribution is -0.126. The van der Waals surface area contributed by atoms with Crippen molar-refractivity contribution >= 4 is 46.4 Å². The molecule has 180 valence electrons. The van der Waals surface area contributed by atoms with Crippen molar-refractivity contribution in [2.45, 2.75) is 12.1 Å². The summed E-state index contributed by atoms with van der Waals surface area (Å²) < 4.78 is 19.7. The minimum Gasteiger partial charge on any atom is -0.459 e. The van der Waals surface area contributed by atoms with Gasteiger partial charge in [0.25, 0.3) is 5.91 Å². The summed E-state index contributed by atoms with van der Waals surface area (Å²) in [5, 5.41) is 2.35. The minimum absolute atomic E-state index is 0.283. The van der Waals surface area contributed by atoms with Crippen molar-refractivity contribution in [2.24, 2.45) is 5.92 Å². The van der Waals surface area contributed by atoms with Gasteiger partial charge in [-0.25, -0.2) is 14.4 Å². The monoisotopic (exact) mass is 522 g/mol. The molecular weight excluding hydrogens is 506 g/mol. The van der Waals surface area contributed by atoms with Crippen molar-refractivity contribution in [3.63, 3.8) is 0 Å². The van der Waals surface area contributed by atoms with Crippen LogP contribution in [0.4, 0.5) is 15.8 Å². The lowest BCUT2D eigenvalue weighted by atomic mass is 9.94. The van der Waals surface area contributed by atoms with Crippen molar-refractivity contribution < 1.29 is 23.2 Å². The molecule has 0 aliphatic carbocycles. The average Bonchev–Trinajstić information content (AvgIpc) is 3.58. The van der Waals surface area contributed by atoms with E-state index in [2.05, 4.69) is 0 Å². The number of hydroxylamine groups is 1. The van der Waals surface area contributed by atoms with Crippen LogP contribution < -0.4 is 9.96 Å². The van der Waals surface area contributed by atoms with Crippen LogP contribution in [-0.4, -0.2) is 17.9 Å². The maximum Gasteiger partial charge on any atom is 0.266 e. The Morgan fingerprint density at radius 1 is 0.778 bits per heavy atom. The second-order valence-electron chi connectivity index (χ2n) is 8.48. The minimum atomic E-state index is -1.06. The molecule has 0 radical (unpaired) electrons. The lowest BCUT2D eigenvalue weighted by Gasteiger charge is -2.27. The van der Waals surface area contributed by atoms with Crippen molar-refractivity contribution in [2.75, 3.05) is 9.96 Å². The Kier molecular flexibility index (Phi) is 5.56. The molecule has 2 aliphatic rings. The third-order valence-corrected chi connectivity index (χ3v) is 7.07. The SMILES string of the molecule is O=C1C2ON(c3ccccc3)C(c3ccc(-c4ccc(Cl)c(Cl)c4)o3)C2C(=O)N1c1ccc(F)cc1. The van der Waals surface area contributed by atoms with Crippen LogP contribution in [0.5, 0.6) is 0 Å². The van der Waals surface area contributed by atoms with Gasteiger partial charge >= 0.3 is 0 Å². The Hall–Kier alpha value is -3.65. The largest absolute Gasteiger partial charge is 0.459 e. The van der Waals surface area contributed by atoms with E-state index in [9.17, 15) is 14.0 Å².